The Labute approximate surface area is 790 Å². The number of carbonyl (C=O) groups excluding carboxylic acids is 2. The first kappa shape index (κ1) is 110. The van der Waals surface area contributed by atoms with E-state index in [0.29, 0.717) is 136 Å². The van der Waals surface area contributed by atoms with Crippen LogP contribution in [0.1, 0.15) is 443 Å². The molecule has 4 fully saturated rings. The van der Waals surface area contributed by atoms with Crippen molar-refractivity contribution in [1.29, 1.82) is 0 Å². The molecule has 2 N–H and O–H groups in total. The molecule has 0 spiro atoms. The van der Waals surface area contributed by atoms with Crippen molar-refractivity contribution in [3.05, 3.63) is 34.4 Å². The van der Waals surface area contributed by atoms with Crippen molar-refractivity contribution in [2.75, 3.05) is 88.7 Å². The summed E-state index contributed by atoms with van der Waals surface area (Å²) in [5.41, 5.74) is 9.65. The number of benzene rings is 2. The Balaban J connectivity index is 0.998. The smallest absolute Gasteiger partial charge is 0.223 e. The highest BCUT2D eigenvalue weighted by molar-refractivity contribution is 6.02. The van der Waals surface area contributed by atoms with E-state index < -0.39 is 0 Å². The number of amides is 2. The van der Waals surface area contributed by atoms with Crippen LogP contribution in [-0.2, 0) is 63.7 Å². The second kappa shape index (κ2) is 61.3. The van der Waals surface area contributed by atoms with Gasteiger partial charge in [0, 0.05) is 102 Å². The van der Waals surface area contributed by atoms with Gasteiger partial charge >= 0.3 is 0 Å². The molecular weight excluding hydrogens is 1580 g/mol. The van der Waals surface area contributed by atoms with E-state index in [-0.39, 0.29) is 60.3 Å². The Kier molecular flexibility index (Phi) is 52.8. The maximum atomic E-state index is 15.1. The molecule has 4 aliphatic carbocycles. The highest BCUT2D eigenvalue weighted by Crippen LogP contribution is 2.50. The minimum absolute atomic E-state index is 0.182. The largest absolute Gasteiger partial charge is 0.375 e. The SMILES string of the molecule is CCCCCCCCC1Cc2cc(N3CCC(CNC(=O)C4CC(OCC[C@@H](C)CCCC(C)C)C(OC[C@@H](C)CCCC(C)C)C(OCC[C@@H](C)CCCC(C)C)C4)CC3)c3c4c(cc(N5CCC(CNC(=O)C6CC(OCC[C@@H](C)CCCC(C)C)C(OC[C@@H](C)CCCC(C)C)C(OCC[C@@H](C)CCCC(C)C)C6)CC5)c(c24)C1)CC(CCCCCCCC)C3. The standard InChI is InChI=1S/C116H208N4O8/c1-21-23-25-27-29-31-51-97-69-99-73-106(120-63-55-96(56-64-120)80-118-116(122)102-77-109(125-67-59-91(17)47-35-41-85(7)8)114(128-82-94(20)50-38-44-88(13)14)110(78-102)126-68-60-92(18)48-36-42-86(9)10)104-72-98(52-32-30-28-26-24-22-2)70-100-74-105(103(71-97)111(99)112(100)104)119-61-53-95(54-62-119)79-117-115(121)101-75-107(123-65-57-89(15)45-33-39-83(3)4)113(127-81-93(19)49-37-43-87(11)12)108(76-101)124-66-58-90(16)46-34-40-84(5)6/h73-74,83-98,101-102,107-110,113-114H,21-72,75-82H2,1-20H3,(H,117,121)(H,118,122)/t89-,90-,91-,92-,93-,94-,97?,98?,101?,102?,107?,108?,109?,110?,113?,114?/m0/s1. The quantitative estimate of drug-likeness (QED) is 0.0620. The van der Waals surface area contributed by atoms with E-state index in [1.54, 1.807) is 44.4 Å². The molecule has 6 unspecified atom stereocenters. The van der Waals surface area contributed by atoms with Crippen LogP contribution in [0.25, 0.3) is 10.8 Å². The summed E-state index contributed by atoms with van der Waals surface area (Å²) >= 11 is 0. The third kappa shape index (κ3) is 40.4. The maximum absolute atomic E-state index is 15.1. The number of carbonyl (C=O) groups is 2. The van der Waals surface area contributed by atoms with Gasteiger partial charge in [0.2, 0.25) is 11.8 Å². The highest BCUT2D eigenvalue weighted by Gasteiger charge is 2.46. The molecule has 12 atom stereocenters. The molecule has 12 nitrogen and oxygen atoms in total. The number of rotatable bonds is 68. The van der Waals surface area contributed by atoms with Gasteiger partial charge in [0.25, 0.3) is 0 Å². The number of hydrogen-bond donors (Lipinski definition) is 2. The number of nitrogens with zero attached hydrogens (tertiary/aromatic N) is 2. The molecule has 2 aromatic carbocycles. The number of anilines is 2. The molecule has 2 saturated heterocycles. The molecule has 0 bridgehead atoms. The Morgan fingerprint density at radius 2 is 0.594 bits per heavy atom. The van der Waals surface area contributed by atoms with Gasteiger partial charge in [-0.2, -0.15) is 0 Å². The van der Waals surface area contributed by atoms with E-state index in [1.807, 2.05) is 0 Å². The summed E-state index contributed by atoms with van der Waals surface area (Å²) in [6.45, 7) is 56.9. The van der Waals surface area contributed by atoms with Crippen molar-refractivity contribution in [2.45, 2.75) is 483 Å². The van der Waals surface area contributed by atoms with Crippen LogP contribution in [0.3, 0.4) is 0 Å². The van der Waals surface area contributed by atoms with E-state index in [2.05, 4.69) is 171 Å². The molecule has 8 rings (SSSR count). The lowest BCUT2D eigenvalue weighted by atomic mass is 9.71. The molecule has 2 heterocycles. The van der Waals surface area contributed by atoms with Crippen LogP contribution in [0.2, 0.25) is 0 Å². The minimum atomic E-state index is -0.185. The van der Waals surface area contributed by atoms with Crippen molar-refractivity contribution < 1.29 is 38.0 Å². The normalized spacial score (nSPS) is 23.5. The van der Waals surface area contributed by atoms with Crippen molar-refractivity contribution in [3.8, 4) is 0 Å². The van der Waals surface area contributed by atoms with Gasteiger partial charge in [0.05, 0.1) is 24.4 Å². The average Bonchev–Trinajstić information content (AvgIpc) is 0.713. The van der Waals surface area contributed by atoms with Gasteiger partial charge in [-0.3, -0.25) is 9.59 Å². The predicted octanol–water partition coefficient (Wildman–Crippen LogP) is 29.9. The molecule has 740 valence electrons. The second-order valence-electron chi connectivity index (χ2n) is 47.1. The molecular formula is C116H208N4O8. The molecule has 0 aromatic heterocycles. The van der Waals surface area contributed by atoms with Crippen LogP contribution >= 0.6 is 0 Å². The van der Waals surface area contributed by atoms with Gasteiger partial charge in [-0.05, 0) is 268 Å². The first-order valence-electron chi connectivity index (χ1n) is 56.0. The molecule has 12 heteroatoms. The summed E-state index contributed by atoms with van der Waals surface area (Å²) in [5, 5.41) is 10.6. The third-order valence-corrected chi connectivity index (χ3v) is 31.8. The summed E-state index contributed by atoms with van der Waals surface area (Å²) in [6.07, 6.45) is 55.8. The third-order valence-electron chi connectivity index (χ3n) is 31.8. The zero-order valence-electron chi connectivity index (χ0n) is 87.6. The van der Waals surface area contributed by atoms with Gasteiger partial charge in [-0.15, -0.1) is 0 Å². The lowest BCUT2D eigenvalue weighted by Crippen LogP contribution is -2.52. The van der Waals surface area contributed by atoms with Gasteiger partial charge in [-0.25, -0.2) is 0 Å². The average molecular weight is 1790 g/mol. The van der Waals surface area contributed by atoms with Gasteiger partial charge in [0.1, 0.15) is 12.2 Å². The predicted molar refractivity (Wildman–Crippen MR) is 547 cm³/mol. The lowest BCUT2D eigenvalue weighted by molar-refractivity contribution is -0.178. The van der Waals surface area contributed by atoms with E-state index in [1.165, 1.54) is 218 Å². The molecule has 2 aliphatic heterocycles. The Morgan fingerprint density at radius 3 is 0.875 bits per heavy atom. The van der Waals surface area contributed by atoms with Crippen molar-refractivity contribution >= 4 is 34.0 Å². The highest BCUT2D eigenvalue weighted by atomic mass is 16.6. The van der Waals surface area contributed by atoms with Crippen LogP contribution in [0, 0.1) is 107 Å². The van der Waals surface area contributed by atoms with Crippen LogP contribution < -0.4 is 20.4 Å². The maximum Gasteiger partial charge on any atom is 0.223 e. The minimum Gasteiger partial charge on any atom is -0.375 e. The van der Waals surface area contributed by atoms with Gasteiger partial charge in [-0.1, -0.05) is 318 Å². The van der Waals surface area contributed by atoms with E-state index in [0.717, 1.165) is 127 Å². The lowest BCUT2D eigenvalue weighted by Gasteiger charge is -2.42. The molecule has 2 saturated carbocycles. The first-order valence-corrected chi connectivity index (χ1v) is 56.0. The molecule has 6 aliphatic rings. The summed E-state index contributed by atoms with van der Waals surface area (Å²) in [6, 6.07) is 5.56. The number of nitrogens with one attached hydrogen (secondary N) is 2. The Hall–Kier alpha value is -3.00. The fourth-order valence-electron chi connectivity index (χ4n) is 23.0. The fourth-order valence-corrected chi connectivity index (χ4v) is 23.0. The van der Waals surface area contributed by atoms with E-state index in [9.17, 15) is 0 Å². The number of unbranched alkanes of at least 4 members (excludes halogenated alkanes) is 10. The number of ether oxygens (including phenoxy) is 6. The summed E-state index contributed by atoms with van der Waals surface area (Å²) in [5.74, 6) is 9.76. The fraction of sp³-hybridized carbons (Fsp3) is 0.897. The number of hydrogen-bond acceptors (Lipinski definition) is 10. The van der Waals surface area contributed by atoms with Crippen LogP contribution in [0.4, 0.5) is 11.4 Å². The van der Waals surface area contributed by atoms with Crippen molar-refractivity contribution in [3.63, 3.8) is 0 Å². The summed E-state index contributed by atoms with van der Waals surface area (Å²) in [4.78, 5) is 35.9. The molecule has 2 aromatic rings. The summed E-state index contributed by atoms with van der Waals surface area (Å²) < 4.78 is 42.6. The van der Waals surface area contributed by atoms with Crippen LogP contribution in [-0.4, -0.2) is 127 Å². The monoisotopic (exact) mass is 1790 g/mol. The van der Waals surface area contributed by atoms with Gasteiger partial charge in [0.15, 0.2) is 0 Å². The van der Waals surface area contributed by atoms with Gasteiger partial charge < -0.3 is 48.9 Å². The molecule has 2 amide bonds. The van der Waals surface area contributed by atoms with E-state index >= 15 is 9.59 Å². The van der Waals surface area contributed by atoms with Crippen LogP contribution in [0.15, 0.2) is 12.1 Å². The zero-order valence-corrected chi connectivity index (χ0v) is 87.6. The van der Waals surface area contributed by atoms with Crippen LogP contribution in [0.5, 0.6) is 0 Å². The van der Waals surface area contributed by atoms with Crippen molar-refractivity contribution in [2.24, 2.45) is 107 Å². The Bertz CT molecular complexity index is 2980. The summed E-state index contributed by atoms with van der Waals surface area (Å²) in [7, 11) is 0. The number of piperidine rings is 2. The molecule has 0 radical (unpaired) electrons. The Morgan fingerprint density at radius 1 is 0.320 bits per heavy atom. The zero-order chi connectivity index (χ0) is 92.3. The first-order chi connectivity index (χ1) is 61.6. The van der Waals surface area contributed by atoms with Crippen molar-refractivity contribution in [1.82, 2.24) is 10.6 Å². The molecule has 128 heavy (non-hydrogen) atoms. The second-order valence-corrected chi connectivity index (χ2v) is 47.1. The van der Waals surface area contributed by atoms with E-state index in [4.69, 9.17) is 28.4 Å². The topological polar surface area (TPSA) is 120 Å².